The average Bonchev–Trinajstić information content (AvgIpc) is 3.38. The Morgan fingerprint density at radius 1 is 0.447 bits per heavy atom. The fourth-order valence-electron chi connectivity index (χ4n) is 10.4. The number of hydrogen-bond acceptors (Lipinski definition) is 5. The van der Waals surface area contributed by atoms with Gasteiger partial charge in [0.15, 0.2) is 0 Å². The molecule has 8 nitrogen and oxygen atoms in total. The van der Waals surface area contributed by atoms with Crippen LogP contribution in [0.15, 0.2) is 24.3 Å². The van der Waals surface area contributed by atoms with E-state index in [1.807, 2.05) is 21.1 Å². The summed E-state index contributed by atoms with van der Waals surface area (Å²) in [5.74, 6) is -0.136. The molecule has 0 aromatic rings. The van der Waals surface area contributed by atoms with Gasteiger partial charge >= 0.3 is 7.82 Å². The van der Waals surface area contributed by atoms with Crippen LogP contribution in [-0.4, -0.2) is 73.4 Å². The van der Waals surface area contributed by atoms with Crippen LogP contribution >= 0.6 is 7.82 Å². The lowest BCUT2D eigenvalue weighted by molar-refractivity contribution is -0.870. The number of phosphoric ester groups is 1. The molecule has 0 aromatic carbocycles. The van der Waals surface area contributed by atoms with E-state index >= 15 is 0 Å². The van der Waals surface area contributed by atoms with Crippen molar-refractivity contribution >= 4 is 13.7 Å². The number of nitrogens with zero attached hydrogens (tertiary/aromatic N) is 1. The first-order valence-corrected chi connectivity index (χ1v) is 35.2. The second-order valence-corrected chi connectivity index (χ2v) is 26.0. The molecule has 0 aromatic heterocycles. The zero-order chi connectivity index (χ0) is 55.6. The molecule has 0 radical (unpaired) electrons. The molecule has 0 rings (SSSR count). The van der Waals surface area contributed by atoms with E-state index in [9.17, 15) is 19.4 Å². The molecule has 0 fully saturated rings. The number of carbonyl (C=O) groups excluding carboxylic acids is 1. The van der Waals surface area contributed by atoms with Gasteiger partial charge in [-0.25, -0.2) is 4.57 Å². The summed E-state index contributed by atoms with van der Waals surface area (Å²) in [5, 5.41) is 14.1. The Morgan fingerprint density at radius 2 is 0.750 bits per heavy atom. The van der Waals surface area contributed by atoms with Gasteiger partial charge in [-0.15, -0.1) is 0 Å². The summed E-state index contributed by atoms with van der Waals surface area (Å²) in [6.45, 7) is 4.93. The van der Waals surface area contributed by atoms with Crippen LogP contribution in [0.2, 0.25) is 0 Å². The van der Waals surface area contributed by atoms with Crippen LogP contribution in [-0.2, 0) is 18.4 Å². The number of unbranched alkanes of at least 4 members (excludes halogenated alkanes) is 46. The van der Waals surface area contributed by atoms with Crippen LogP contribution in [0.25, 0.3) is 0 Å². The van der Waals surface area contributed by atoms with E-state index in [-0.39, 0.29) is 19.1 Å². The molecule has 9 heteroatoms. The van der Waals surface area contributed by atoms with Crippen molar-refractivity contribution in [2.45, 2.75) is 360 Å². The van der Waals surface area contributed by atoms with Crippen molar-refractivity contribution in [1.29, 1.82) is 0 Å². The number of nitrogens with one attached hydrogen (secondary N) is 1. The molecule has 0 saturated heterocycles. The Hall–Kier alpha value is -1.02. The first kappa shape index (κ1) is 75.0. The number of aliphatic hydroxyl groups excluding tert-OH is 1. The van der Waals surface area contributed by atoms with Crippen molar-refractivity contribution in [1.82, 2.24) is 5.32 Å². The first-order chi connectivity index (χ1) is 37.0. The van der Waals surface area contributed by atoms with Crippen LogP contribution in [0.1, 0.15) is 348 Å². The Labute approximate surface area is 474 Å². The third kappa shape index (κ3) is 60.6. The number of hydrogen-bond donors (Lipinski definition) is 3. The van der Waals surface area contributed by atoms with Gasteiger partial charge in [0.05, 0.1) is 39.9 Å². The smallest absolute Gasteiger partial charge is 0.391 e. The highest BCUT2D eigenvalue weighted by molar-refractivity contribution is 7.47. The summed E-state index contributed by atoms with van der Waals surface area (Å²) >= 11 is 0. The summed E-state index contributed by atoms with van der Waals surface area (Å²) in [4.78, 5) is 23.4. The third-order valence-electron chi connectivity index (χ3n) is 15.7. The van der Waals surface area contributed by atoms with Crippen LogP contribution in [0.3, 0.4) is 0 Å². The van der Waals surface area contributed by atoms with Gasteiger partial charge in [0, 0.05) is 6.42 Å². The molecular formula is C67H134N2O6P+. The van der Waals surface area contributed by atoms with Crippen molar-refractivity contribution < 1.29 is 32.9 Å². The lowest BCUT2D eigenvalue weighted by Gasteiger charge is -2.26. The van der Waals surface area contributed by atoms with Gasteiger partial charge in [0.2, 0.25) is 5.91 Å². The van der Waals surface area contributed by atoms with E-state index in [1.54, 1.807) is 0 Å². The van der Waals surface area contributed by atoms with E-state index < -0.39 is 20.0 Å². The summed E-state index contributed by atoms with van der Waals surface area (Å²) in [6.07, 6.45) is 75.6. The quantitative estimate of drug-likeness (QED) is 0.0243. The van der Waals surface area contributed by atoms with Crippen LogP contribution in [0.5, 0.6) is 0 Å². The van der Waals surface area contributed by atoms with Crippen LogP contribution in [0.4, 0.5) is 0 Å². The van der Waals surface area contributed by atoms with Gasteiger partial charge < -0.3 is 19.8 Å². The maximum Gasteiger partial charge on any atom is 0.472 e. The molecule has 1 amide bonds. The Morgan fingerprint density at radius 3 is 1.08 bits per heavy atom. The standard InChI is InChI=1S/C67H133N2O6P/c1-6-8-10-12-14-16-18-20-22-24-25-26-27-28-29-30-31-32-33-34-35-36-37-38-39-40-41-42-43-45-47-49-51-53-55-57-59-61-67(71)68-65(64-75-76(72,73)74-63-62-69(3,4)5)66(70)60-58-56-54-52-50-48-46-44-23-21-19-17-15-13-11-9-7-2/h18,20,24-25,65-66,70H,6-17,19,21-23,26-64H2,1-5H3,(H-,68,71,72,73)/p+1/b20-18-,25-24-. The number of rotatable bonds is 63. The molecule has 0 aliphatic carbocycles. The number of allylic oxidation sites excluding steroid dienone is 4. The largest absolute Gasteiger partial charge is 0.472 e. The molecule has 3 unspecified atom stereocenters. The van der Waals surface area contributed by atoms with Crippen LogP contribution < -0.4 is 5.32 Å². The summed E-state index contributed by atoms with van der Waals surface area (Å²) in [6, 6.07) is -0.758. The fourth-order valence-corrected chi connectivity index (χ4v) is 11.2. The molecule has 0 heterocycles. The van der Waals surface area contributed by atoms with E-state index in [0.717, 1.165) is 44.9 Å². The predicted octanol–water partition coefficient (Wildman–Crippen LogP) is 21.1. The number of phosphoric acid groups is 1. The first-order valence-electron chi connectivity index (χ1n) is 33.7. The van der Waals surface area contributed by atoms with Gasteiger partial charge in [-0.1, -0.05) is 321 Å². The molecule has 3 atom stereocenters. The predicted molar refractivity (Wildman–Crippen MR) is 332 cm³/mol. The maximum atomic E-state index is 13.0. The van der Waals surface area contributed by atoms with E-state index in [0.29, 0.717) is 23.9 Å². The number of aliphatic hydroxyl groups is 1. The maximum absolute atomic E-state index is 13.0. The highest BCUT2D eigenvalue weighted by atomic mass is 31.2. The van der Waals surface area contributed by atoms with Gasteiger partial charge in [-0.05, 0) is 44.9 Å². The highest BCUT2D eigenvalue weighted by Gasteiger charge is 2.28. The topological polar surface area (TPSA) is 105 Å². The number of amides is 1. The molecule has 0 aliphatic heterocycles. The molecule has 0 saturated carbocycles. The number of quaternary nitrogens is 1. The lowest BCUT2D eigenvalue weighted by atomic mass is 10.0. The lowest BCUT2D eigenvalue weighted by Crippen LogP contribution is -2.46. The van der Waals surface area contributed by atoms with E-state index in [1.165, 1.54) is 276 Å². The van der Waals surface area contributed by atoms with Gasteiger partial charge in [0.25, 0.3) is 0 Å². The van der Waals surface area contributed by atoms with E-state index in [2.05, 4.69) is 43.5 Å². The minimum absolute atomic E-state index is 0.0779. The number of carbonyl (C=O) groups is 1. The zero-order valence-electron chi connectivity index (χ0n) is 51.8. The van der Waals surface area contributed by atoms with Gasteiger partial charge in [-0.3, -0.25) is 13.8 Å². The van der Waals surface area contributed by atoms with Gasteiger partial charge in [0.1, 0.15) is 13.2 Å². The van der Waals surface area contributed by atoms with E-state index in [4.69, 9.17) is 9.05 Å². The van der Waals surface area contributed by atoms with Crippen molar-refractivity contribution in [3.8, 4) is 0 Å². The molecule has 0 aliphatic rings. The SMILES string of the molecule is CCCCCCC/C=C\C/C=C\CCCCCCCCCCCCCCCCCCCCCCCCCCCC(=O)NC(COP(=O)(O)OCC[N+](C)(C)C)C(O)CCCCCCCCCCCCCCCCCCC. The molecule has 452 valence electrons. The Kier molecular flexibility index (Phi) is 57.8. The summed E-state index contributed by atoms with van der Waals surface area (Å²) in [5.41, 5.74) is 0. The third-order valence-corrected chi connectivity index (χ3v) is 16.7. The van der Waals surface area contributed by atoms with Crippen molar-refractivity contribution in [3.63, 3.8) is 0 Å². The minimum Gasteiger partial charge on any atom is -0.391 e. The average molecular weight is 1090 g/mol. The second-order valence-electron chi connectivity index (χ2n) is 24.6. The zero-order valence-corrected chi connectivity index (χ0v) is 52.7. The fraction of sp³-hybridized carbons (Fsp3) is 0.925. The molecule has 76 heavy (non-hydrogen) atoms. The summed E-state index contributed by atoms with van der Waals surface area (Å²) in [7, 11) is 1.63. The second kappa shape index (κ2) is 58.6. The molecule has 0 spiro atoms. The number of likely N-dealkylation sites (N-methyl/N-ethyl adjacent to an activating group) is 1. The molecule has 0 bridgehead atoms. The summed E-state index contributed by atoms with van der Waals surface area (Å²) < 4.78 is 23.8. The highest BCUT2D eigenvalue weighted by Crippen LogP contribution is 2.43. The Balaban J connectivity index is 3.90. The monoisotopic (exact) mass is 1090 g/mol. The van der Waals surface area contributed by atoms with Crippen molar-refractivity contribution in [2.75, 3.05) is 40.9 Å². The van der Waals surface area contributed by atoms with Crippen LogP contribution in [0, 0.1) is 0 Å². The normalized spacial score (nSPS) is 13.8. The minimum atomic E-state index is -4.32. The van der Waals surface area contributed by atoms with Crippen molar-refractivity contribution in [2.24, 2.45) is 0 Å². The Bertz CT molecular complexity index is 1290. The molecule has 3 N–H and O–H groups in total. The molecular weight excluding hydrogens is 960 g/mol. The van der Waals surface area contributed by atoms with Gasteiger partial charge in [-0.2, -0.15) is 0 Å². The van der Waals surface area contributed by atoms with Crippen molar-refractivity contribution in [3.05, 3.63) is 24.3 Å².